The summed E-state index contributed by atoms with van der Waals surface area (Å²) in [4.78, 5) is 22.4. The molecule has 2 unspecified atom stereocenters. The lowest BCUT2D eigenvalue weighted by Crippen LogP contribution is -2.36. The van der Waals surface area contributed by atoms with Crippen molar-refractivity contribution in [2.45, 2.75) is 28.8 Å². The highest BCUT2D eigenvalue weighted by atomic mass is 32.2. The van der Waals surface area contributed by atoms with Crippen LogP contribution in [-0.4, -0.2) is 42.3 Å². The molecule has 1 heterocycles. The quantitative estimate of drug-likeness (QED) is 0.556. The van der Waals surface area contributed by atoms with Crippen molar-refractivity contribution in [3.05, 3.63) is 64.2 Å². The van der Waals surface area contributed by atoms with Gasteiger partial charge in [0.25, 0.3) is 5.69 Å². The van der Waals surface area contributed by atoms with E-state index >= 15 is 0 Å². The van der Waals surface area contributed by atoms with E-state index in [9.17, 15) is 41.6 Å². The number of sulfone groups is 1. The SMILES string of the molecule is O=C(O)C1CC(S(=O)(=O)c2ccccc2C(F)(F)F)CN1c1ccccc1[N+](=O)[O-]. The van der Waals surface area contributed by atoms with Gasteiger partial charge >= 0.3 is 12.1 Å². The smallest absolute Gasteiger partial charge is 0.417 e. The van der Waals surface area contributed by atoms with Gasteiger partial charge in [0, 0.05) is 12.6 Å². The summed E-state index contributed by atoms with van der Waals surface area (Å²) in [5.41, 5.74) is -1.89. The minimum Gasteiger partial charge on any atom is -0.480 e. The summed E-state index contributed by atoms with van der Waals surface area (Å²) < 4.78 is 66.0. The molecular formula is C18H15F3N2O6S. The number of anilines is 1. The van der Waals surface area contributed by atoms with E-state index < -0.39 is 67.3 Å². The third kappa shape index (κ3) is 3.82. The molecule has 0 amide bonds. The third-order valence-electron chi connectivity index (χ3n) is 4.87. The van der Waals surface area contributed by atoms with Gasteiger partial charge < -0.3 is 10.0 Å². The molecule has 0 aromatic heterocycles. The van der Waals surface area contributed by atoms with Gasteiger partial charge in [-0.2, -0.15) is 13.2 Å². The van der Waals surface area contributed by atoms with Crippen LogP contribution < -0.4 is 4.90 Å². The first kappa shape index (κ1) is 21.6. The highest BCUT2D eigenvalue weighted by Crippen LogP contribution is 2.40. The highest BCUT2D eigenvalue weighted by Gasteiger charge is 2.47. The molecule has 0 aliphatic carbocycles. The van der Waals surface area contributed by atoms with Crippen molar-refractivity contribution in [3.63, 3.8) is 0 Å². The van der Waals surface area contributed by atoms with Crippen LogP contribution in [0.3, 0.4) is 0 Å². The Hall–Kier alpha value is -3.15. The van der Waals surface area contributed by atoms with Gasteiger partial charge in [0.2, 0.25) is 0 Å². The molecule has 2 atom stereocenters. The number of hydrogen-bond donors (Lipinski definition) is 1. The van der Waals surface area contributed by atoms with Crippen LogP contribution in [0.15, 0.2) is 53.4 Å². The van der Waals surface area contributed by atoms with E-state index in [2.05, 4.69) is 0 Å². The Morgan fingerprint density at radius 3 is 2.33 bits per heavy atom. The van der Waals surface area contributed by atoms with Crippen LogP contribution in [-0.2, 0) is 20.8 Å². The van der Waals surface area contributed by atoms with Gasteiger partial charge in [-0.05, 0) is 24.6 Å². The van der Waals surface area contributed by atoms with Crippen LogP contribution in [0, 0.1) is 10.1 Å². The highest BCUT2D eigenvalue weighted by molar-refractivity contribution is 7.92. The van der Waals surface area contributed by atoms with E-state index in [0.29, 0.717) is 6.07 Å². The molecule has 12 heteroatoms. The predicted molar refractivity (Wildman–Crippen MR) is 98.9 cm³/mol. The molecule has 30 heavy (non-hydrogen) atoms. The zero-order valence-electron chi connectivity index (χ0n) is 15.1. The lowest BCUT2D eigenvalue weighted by atomic mass is 10.2. The monoisotopic (exact) mass is 444 g/mol. The fourth-order valence-electron chi connectivity index (χ4n) is 3.51. The summed E-state index contributed by atoms with van der Waals surface area (Å²) in [7, 11) is -4.59. The number of rotatable bonds is 5. The number of benzene rings is 2. The number of carboxylic acids is 1. The second-order valence-corrected chi connectivity index (χ2v) is 8.85. The van der Waals surface area contributed by atoms with Gasteiger partial charge in [0.1, 0.15) is 11.7 Å². The van der Waals surface area contributed by atoms with Crippen molar-refractivity contribution in [1.29, 1.82) is 0 Å². The minimum atomic E-state index is -4.92. The summed E-state index contributed by atoms with van der Waals surface area (Å²) >= 11 is 0. The topological polar surface area (TPSA) is 118 Å². The molecule has 0 spiro atoms. The number of hydrogen-bond acceptors (Lipinski definition) is 6. The molecule has 2 aromatic carbocycles. The number of nitrogens with zero attached hydrogens (tertiary/aromatic N) is 2. The maximum absolute atomic E-state index is 13.3. The Labute approximate surface area is 168 Å². The summed E-state index contributed by atoms with van der Waals surface area (Å²) in [6.45, 7) is -0.504. The van der Waals surface area contributed by atoms with Crippen molar-refractivity contribution >= 4 is 27.2 Å². The Morgan fingerprint density at radius 2 is 1.73 bits per heavy atom. The van der Waals surface area contributed by atoms with Gasteiger partial charge in [-0.25, -0.2) is 13.2 Å². The molecule has 1 fully saturated rings. The van der Waals surface area contributed by atoms with E-state index in [4.69, 9.17) is 0 Å². The van der Waals surface area contributed by atoms with Gasteiger partial charge in [0.15, 0.2) is 9.84 Å². The average molecular weight is 444 g/mol. The summed E-state index contributed by atoms with van der Waals surface area (Å²) in [5, 5.41) is 19.3. The molecule has 1 aliphatic heterocycles. The van der Waals surface area contributed by atoms with E-state index in [1.54, 1.807) is 0 Å². The maximum Gasteiger partial charge on any atom is 0.417 e. The standard InChI is InChI=1S/C18H15F3N2O6S/c19-18(20,21)12-5-1-4-8-16(12)30(28,29)11-9-15(17(24)25)22(10-11)13-6-2-3-7-14(13)23(26)27/h1-8,11,15H,9-10H2,(H,24,25). The van der Waals surface area contributed by atoms with Crippen molar-refractivity contribution in [2.24, 2.45) is 0 Å². The van der Waals surface area contributed by atoms with Crippen molar-refractivity contribution < 1.29 is 36.4 Å². The summed E-state index contributed by atoms with van der Waals surface area (Å²) in [5.74, 6) is -1.44. The Morgan fingerprint density at radius 1 is 1.13 bits per heavy atom. The molecule has 1 N–H and O–H groups in total. The number of halogens is 3. The number of carboxylic acid groups (broad SMARTS) is 1. The molecule has 1 saturated heterocycles. The van der Waals surface area contributed by atoms with Crippen molar-refractivity contribution in [1.82, 2.24) is 0 Å². The fourth-order valence-corrected chi connectivity index (χ4v) is 5.42. The molecule has 0 bridgehead atoms. The van der Waals surface area contributed by atoms with Gasteiger partial charge in [-0.3, -0.25) is 10.1 Å². The van der Waals surface area contributed by atoms with E-state index in [1.165, 1.54) is 18.2 Å². The normalized spacial score (nSPS) is 19.6. The number of nitro benzene ring substituents is 1. The number of carbonyl (C=O) groups is 1. The summed E-state index contributed by atoms with van der Waals surface area (Å²) in [6, 6.07) is 7.38. The number of para-hydroxylation sites is 2. The molecule has 0 radical (unpaired) electrons. The van der Waals surface area contributed by atoms with Gasteiger partial charge in [-0.15, -0.1) is 0 Å². The fraction of sp³-hybridized carbons (Fsp3) is 0.278. The number of nitro groups is 1. The predicted octanol–water partition coefficient (Wildman–Crippen LogP) is 3.12. The minimum absolute atomic E-state index is 0.114. The average Bonchev–Trinajstić information content (AvgIpc) is 3.14. The van der Waals surface area contributed by atoms with E-state index in [-0.39, 0.29) is 5.69 Å². The first-order valence-corrected chi connectivity index (χ1v) is 10.1. The molecule has 1 aliphatic rings. The lowest BCUT2D eigenvalue weighted by Gasteiger charge is -2.23. The maximum atomic E-state index is 13.3. The van der Waals surface area contributed by atoms with Crippen LogP contribution in [0.1, 0.15) is 12.0 Å². The lowest BCUT2D eigenvalue weighted by molar-refractivity contribution is -0.384. The van der Waals surface area contributed by atoms with E-state index in [0.717, 1.165) is 29.2 Å². The zero-order valence-corrected chi connectivity index (χ0v) is 15.9. The van der Waals surface area contributed by atoms with Crippen LogP contribution in [0.5, 0.6) is 0 Å². The zero-order chi connectivity index (χ0) is 22.3. The van der Waals surface area contributed by atoms with Gasteiger partial charge in [-0.1, -0.05) is 24.3 Å². The molecule has 8 nitrogen and oxygen atoms in total. The van der Waals surface area contributed by atoms with Crippen LogP contribution >= 0.6 is 0 Å². The van der Waals surface area contributed by atoms with E-state index in [1.807, 2.05) is 0 Å². The number of aliphatic carboxylic acids is 1. The third-order valence-corrected chi connectivity index (χ3v) is 7.06. The molecule has 2 aromatic rings. The second kappa shape index (κ2) is 7.59. The Balaban J connectivity index is 2.06. The molecule has 3 rings (SSSR count). The van der Waals surface area contributed by atoms with Crippen molar-refractivity contribution in [2.75, 3.05) is 11.4 Å². The van der Waals surface area contributed by atoms with Crippen LogP contribution in [0.25, 0.3) is 0 Å². The first-order chi connectivity index (χ1) is 13.9. The molecule has 0 saturated carbocycles. The number of alkyl halides is 3. The van der Waals surface area contributed by atoms with Crippen LogP contribution in [0.4, 0.5) is 24.5 Å². The first-order valence-electron chi connectivity index (χ1n) is 8.57. The van der Waals surface area contributed by atoms with Crippen LogP contribution in [0.2, 0.25) is 0 Å². The van der Waals surface area contributed by atoms with Gasteiger partial charge in [0.05, 0.1) is 20.6 Å². The Bertz CT molecular complexity index is 1100. The largest absolute Gasteiger partial charge is 0.480 e. The van der Waals surface area contributed by atoms with Crippen molar-refractivity contribution in [3.8, 4) is 0 Å². The Kier molecular flexibility index (Phi) is 5.46. The second-order valence-electron chi connectivity index (χ2n) is 6.65. The molecular weight excluding hydrogens is 429 g/mol. The summed E-state index contributed by atoms with van der Waals surface area (Å²) in [6.07, 6.45) is -5.44. The molecule has 160 valence electrons.